The number of hydrogen-bond donors (Lipinski definition) is 2. The zero-order valence-electron chi connectivity index (χ0n) is 8.71. The van der Waals surface area contributed by atoms with Crippen LogP contribution < -0.4 is 0 Å². The zero-order valence-corrected chi connectivity index (χ0v) is 9.46. The SMILES string of the molecule is Oc1ccc(N=Nc2ccc(Cl)cc2)cc1O. The van der Waals surface area contributed by atoms with Crippen LogP contribution in [0.2, 0.25) is 5.02 Å². The summed E-state index contributed by atoms with van der Waals surface area (Å²) in [5.74, 6) is -0.409. The van der Waals surface area contributed by atoms with Crippen molar-refractivity contribution in [1.29, 1.82) is 0 Å². The minimum atomic E-state index is -0.224. The monoisotopic (exact) mass is 248 g/mol. The van der Waals surface area contributed by atoms with Gasteiger partial charge in [-0.25, -0.2) is 0 Å². The normalized spacial score (nSPS) is 10.9. The molecule has 5 heteroatoms. The van der Waals surface area contributed by atoms with Gasteiger partial charge < -0.3 is 10.2 Å². The van der Waals surface area contributed by atoms with Crippen LogP contribution >= 0.6 is 11.6 Å². The zero-order chi connectivity index (χ0) is 12.3. The van der Waals surface area contributed by atoms with E-state index in [2.05, 4.69) is 10.2 Å². The predicted octanol–water partition coefficient (Wildman–Crippen LogP) is 4.17. The molecule has 0 spiro atoms. The van der Waals surface area contributed by atoms with Crippen LogP contribution in [0.3, 0.4) is 0 Å². The van der Waals surface area contributed by atoms with Gasteiger partial charge in [0.1, 0.15) is 0 Å². The van der Waals surface area contributed by atoms with Crippen LogP contribution in [0.25, 0.3) is 0 Å². The molecule has 17 heavy (non-hydrogen) atoms. The van der Waals surface area contributed by atoms with E-state index < -0.39 is 0 Å². The molecule has 0 aliphatic rings. The molecule has 0 atom stereocenters. The van der Waals surface area contributed by atoms with Crippen molar-refractivity contribution < 1.29 is 10.2 Å². The molecule has 2 aromatic carbocycles. The third-order valence-electron chi connectivity index (χ3n) is 2.07. The summed E-state index contributed by atoms with van der Waals surface area (Å²) in [6.45, 7) is 0. The van der Waals surface area contributed by atoms with E-state index in [1.54, 1.807) is 30.3 Å². The maximum atomic E-state index is 9.26. The lowest BCUT2D eigenvalue weighted by Gasteiger charge is -1.97. The van der Waals surface area contributed by atoms with E-state index in [0.29, 0.717) is 16.4 Å². The molecule has 0 aliphatic heterocycles. The number of benzene rings is 2. The number of phenolic OH excluding ortho intramolecular Hbond substituents is 2. The second-order valence-electron chi connectivity index (χ2n) is 3.35. The standard InChI is InChI=1S/C12H9ClN2O2/c13-8-1-3-9(4-2-8)14-15-10-5-6-11(16)12(17)7-10/h1-7,16-17H. The van der Waals surface area contributed by atoms with Crippen molar-refractivity contribution >= 4 is 23.0 Å². The molecule has 4 nitrogen and oxygen atoms in total. The summed E-state index contributed by atoms with van der Waals surface area (Å²) < 4.78 is 0. The Morgan fingerprint density at radius 3 is 2.00 bits per heavy atom. The van der Waals surface area contributed by atoms with Gasteiger partial charge in [0.25, 0.3) is 0 Å². The molecular weight excluding hydrogens is 240 g/mol. The van der Waals surface area contributed by atoms with Gasteiger partial charge in [0.2, 0.25) is 0 Å². The fourth-order valence-corrected chi connectivity index (χ4v) is 1.32. The van der Waals surface area contributed by atoms with Crippen molar-refractivity contribution in [3.05, 3.63) is 47.5 Å². The number of nitrogens with zero attached hydrogens (tertiary/aromatic N) is 2. The topological polar surface area (TPSA) is 65.2 Å². The number of hydrogen-bond acceptors (Lipinski definition) is 4. The van der Waals surface area contributed by atoms with Crippen LogP contribution in [-0.4, -0.2) is 10.2 Å². The highest BCUT2D eigenvalue weighted by molar-refractivity contribution is 6.30. The minimum absolute atomic E-state index is 0.185. The lowest BCUT2D eigenvalue weighted by atomic mass is 10.3. The highest BCUT2D eigenvalue weighted by Gasteiger charge is 1.99. The molecule has 0 saturated carbocycles. The third-order valence-corrected chi connectivity index (χ3v) is 2.32. The lowest BCUT2D eigenvalue weighted by Crippen LogP contribution is -1.68. The Labute approximate surface area is 103 Å². The predicted molar refractivity (Wildman–Crippen MR) is 65.4 cm³/mol. The molecule has 0 bridgehead atoms. The Hall–Kier alpha value is -2.07. The fraction of sp³-hybridized carbons (Fsp3) is 0. The number of phenols is 2. The van der Waals surface area contributed by atoms with Crippen LogP contribution in [0, 0.1) is 0 Å². The van der Waals surface area contributed by atoms with Crippen molar-refractivity contribution in [1.82, 2.24) is 0 Å². The smallest absolute Gasteiger partial charge is 0.159 e. The second kappa shape index (κ2) is 4.84. The Morgan fingerprint density at radius 2 is 1.35 bits per heavy atom. The van der Waals surface area contributed by atoms with Gasteiger partial charge in [-0.05, 0) is 36.4 Å². The Kier molecular flexibility index (Phi) is 3.25. The van der Waals surface area contributed by atoms with Crippen molar-refractivity contribution in [2.75, 3.05) is 0 Å². The molecule has 2 rings (SSSR count). The van der Waals surface area contributed by atoms with E-state index in [1.165, 1.54) is 12.1 Å². The Balaban J connectivity index is 2.20. The maximum absolute atomic E-state index is 9.26. The minimum Gasteiger partial charge on any atom is -0.504 e. The second-order valence-corrected chi connectivity index (χ2v) is 3.79. The van der Waals surface area contributed by atoms with Gasteiger partial charge in [0, 0.05) is 11.1 Å². The fourth-order valence-electron chi connectivity index (χ4n) is 1.20. The average Bonchev–Trinajstić information content (AvgIpc) is 2.33. The van der Waals surface area contributed by atoms with Crippen molar-refractivity contribution in [3.63, 3.8) is 0 Å². The first-order chi connectivity index (χ1) is 8.15. The summed E-state index contributed by atoms with van der Waals surface area (Å²) in [6, 6.07) is 11.1. The third kappa shape index (κ3) is 2.95. The van der Waals surface area contributed by atoms with Crippen LogP contribution in [0.1, 0.15) is 0 Å². The summed E-state index contributed by atoms with van der Waals surface area (Å²) >= 11 is 5.73. The van der Waals surface area contributed by atoms with Crippen LogP contribution in [0.4, 0.5) is 11.4 Å². The molecule has 0 radical (unpaired) electrons. The average molecular weight is 249 g/mol. The number of halogens is 1. The quantitative estimate of drug-likeness (QED) is 0.619. The molecule has 0 unspecified atom stereocenters. The van der Waals surface area contributed by atoms with E-state index in [9.17, 15) is 5.11 Å². The van der Waals surface area contributed by atoms with E-state index in [4.69, 9.17) is 16.7 Å². The molecule has 0 fully saturated rings. The molecule has 86 valence electrons. The first-order valence-electron chi connectivity index (χ1n) is 4.84. The van der Waals surface area contributed by atoms with Crippen LogP contribution in [0.15, 0.2) is 52.7 Å². The highest BCUT2D eigenvalue weighted by Crippen LogP contribution is 2.29. The van der Waals surface area contributed by atoms with Gasteiger partial charge in [0.05, 0.1) is 11.4 Å². The van der Waals surface area contributed by atoms with Crippen LogP contribution in [0.5, 0.6) is 11.5 Å². The largest absolute Gasteiger partial charge is 0.504 e. The summed E-state index contributed by atoms with van der Waals surface area (Å²) in [4.78, 5) is 0. The number of rotatable bonds is 2. The van der Waals surface area contributed by atoms with Gasteiger partial charge in [0.15, 0.2) is 11.5 Å². The number of aromatic hydroxyl groups is 2. The molecule has 2 N–H and O–H groups in total. The number of azo groups is 1. The van der Waals surface area contributed by atoms with Gasteiger partial charge in [-0.3, -0.25) is 0 Å². The summed E-state index contributed by atoms with van der Waals surface area (Å²) in [6.07, 6.45) is 0. The highest BCUT2D eigenvalue weighted by atomic mass is 35.5. The van der Waals surface area contributed by atoms with Crippen molar-refractivity contribution in [2.24, 2.45) is 10.2 Å². The van der Waals surface area contributed by atoms with Crippen molar-refractivity contribution in [3.8, 4) is 11.5 Å². The lowest BCUT2D eigenvalue weighted by molar-refractivity contribution is 0.404. The molecule has 0 amide bonds. The summed E-state index contributed by atoms with van der Waals surface area (Å²) in [7, 11) is 0. The van der Waals surface area contributed by atoms with E-state index in [1.807, 2.05) is 0 Å². The Morgan fingerprint density at radius 1 is 0.765 bits per heavy atom. The van der Waals surface area contributed by atoms with Gasteiger partial charge in [-0.2, -0.15) is 10.2 Å². The maximum Gasteiger partial charge on any atom is 0.159 e. The Bertz CT molecular complexity index is 553. The first-order valence-corrected chi connectivity index (χ1v) is 5.22. The summed E-state index contributed by atoms with van der Waals surface area (Å²) in [5, 5.41) is 26.9. The van der Waals surface area contributed by atoms with Gasteiger partial charge in [-0.15, -0.1) is 0 Å². The van der Waals surface area contributed by atoms with E-state index in [0.717, 1.165) is 0 Å². The van der Waals surface area contributed by atoms with Crippen LogP contribution in [-0.2, 0) is 0 Å². The summed E-state index contributed by atoms with van der Waals surface area (Å²) in [5.41, 5.74) is 1.11. The molecule has 0 aliphatic carbocycles. The molecular formula is C12H9ClN2O2. The van der Waals surface area contributed by atoms with Gasteiger partial charge >= 0.3 is 0 Å². The van der Waals surface area contributed by atoms with Gasteiger partial charge in [-0.1, -0.05) is 11.6 Å². The molecule has 0 aromatic heterocycles. The molecule has 0 heterocycles. The van der Waals surface area contributed by atoms with Crippen molar-refractivity contribution in [2.45, 2.75) is 0 Å². The van der Waals surface area contributed by atoms with E-state index in [-0.39, 0.29) is 11.5 Å². The first kappa shape index (κ1) is 11.4. The van der Waals surface area contributed by atoms with E-state index >= 15 is 0 Å². The molecule has 0 saturated heterocycles. The molecule has 2 aromatic rings.